The Morgan fingerprint density at radius 3 is 1.54 bits per heavy atom. The van der Waals surface area contributed by atoms with Crippen LogP contribution in [0.3, 0.4) is 0 Å². The van der Waals surface area contributed by atoms with E-state index < -0.39 is 0 Å². The highest BCUT2D eigenvalue weighted by molar-refractivity contribution is 6.13. The van der Waals surface area contributed by atoms with Gasteiger partial charge in [0.1, 0.15) is 11.2 Å². The van der Waals surface area contributed by atoms with Crippen molar-refractivity contribution in [1.82, 2.24) is 15.0 Å². The molecule has 0 spiro atoms. The third-order valence-electron chi connectivity index (χ3n) is 10.3. The summed E-state index contributed by atoms with van der Waals surface area (Å²) in [4.78, 5) is 15.3. The van der Waals surface area contributed by atoms with E-state index in [1.807, 2.05) is 97.1 Å². The molecule has 0 saturated carbocycles. The average molecular weight is 729 g/mol. The highest BCUT2D eigenvalue weighted by Crippen LogP contribution is 2.39. The Balaban J connectivity index is 1.11. The Kier molecular flexibility index (Phi) is 8.48. The van der Waals surface area contributed by atoms with Crippen molar-refractivity contribution >= 4 is 21.9 Å². The molecule has 0 atom stereocenters. The predicted molar refractivity (Wildman–Crippen MR) is 230 cm³/mol. The van der Waals surface area contributed by atoms with Crippen LogP contribution >= 0.6 is 0 Å². The zero-order valence-corrected chi connectivity index (χ0v) is 30.7. The molecule has 5 heteroatoms. The van der Waals surface area contributed by atoms with Gasteiger partial charge in [-0.05, 0) is 93.0 Å². The highest BCUT2D eigenvalue weighted by Gasteiger charge is 2.18. The number of nitriles is 1. The zero-order valence-electron chi connectivity index (χ0n) is 30.7. The normalized spacial score (nSPS) is 11.1. The van der Waals surface area contributed by atoms with Crippen LogP contribution in [0.15, 0.2) is 199 Å². The maximum absolute atomic E-state index is 9.69. The van der Waals surface area contributed by atoms with Crippen LogP contribution in [0.4, 0.5) is 0 Å². The van der Waals surface area contributed by atoms with Gasteiger partial charge in [0, 0.05) is 27.5 Å². The summed E-state index contributed by atoms with van der Waals surface area (Å²) >= 11 is 0. The number of benzene rings is 8. The van der Waals surface area contributed by atoms with Gasteiger partial charge in [-0.25, -0.2) is 15.0 Å². The fourth-order valence-electron chi connectivity index (χ4n) is 7.52. The molecule has 0 aliphatic rings. The van der Waals surface area contributed by atoms with Crippen LogP contribution in [0.25, 0.3) is 101 Å². The van der Waals surface area contributed by atoms with Crippen LogP contribution in [0.2, 0.25) is 0 Å². The van der Waals surface area contributed by atoms with Gasteiger partial charge in [-0.2, -0.15) is 5.26 Å². The van der Waals surface area contributed by atoms with E-state index in [4.69, 9.17) is 19.4 Å². The van der Waals surface area contributed by atoms with Crippen LogP contribution < -0.4 is 0 Å². The molecule has 2 heterocycles. The lowest BCUT2D eigenvalue weighted by Crippen LogP contribution is -2.00. The molecule has 0 fully saturated rings. The number of nitrogens with zero attached hydrogens (tertiary/aromatic N) is 4. The van der Waals surface area contributed by atoms with E-state index in [1.165, 1.54) is 11.1 Å². The fraction of sp³-hybridized carbons (Fsp3) is 0. The van der Waals surface area contributed by atoms with E-state index in [1.54, 1.807) is 0 Å². The molecule has 8 aromatic carbocycles. The minimum atomic E-state index is 0.538. The molecular weight excluding hydrogens is 697 g/mol. The van der Waals surface area contributed by atoms with Crippen molar-refractivity contribution in [1.29, 1.82) is 5.26 Å². The van der Waals surface area contributed by atoms with Crippen LogP contribution in [0, 0.1) is 11.3 Å². The van der Waals surface area contributed by atoms with Crippen LogP contribution in [0.1, 0.15) is 5.56 Å². The number of furan rings is 1. The summed E-state index contributed by atoms with van der Waals surface area (Å²) in [5, 5.41) is 11.8. The van der Waals surface area contributed by atoms with Gasteiger partial charge in [0.25, 0.3) is 0 Å². The minimum Gasteiger partial charge on any atom is -0.456 e. The standard InChI is InChI=1S/C52H32N4O/c53-33-34-12-10-19-40(28-34)43-29-42(36-15-6-2-7-16-36)30-44(31-43)52-55-50(39-17-8-3-9-18-39)54-51(56-52)41-26-27-46-48(32-41)57-47-21-11-20-45(49(46)47)38-24-22-37(23-25-38)35-13-4-1-5-14-35/h1-32H. The first-order chi connectivity index (χ1) is 28.2. The molecule has 2 aromatic heterocycles. The Bertz CT molecular complexity index is 3110. The molecule has 57 heavy (non-hydrogen) atoms. The summed E-state index contributed by atoms with van der Waals surface area (Å²) in [7, 11) is 0. The monoisotopic (exact) mass is 728 g/mol. The lowest BCUT2D eigenvalue weighted by molar-refractivity contribution is 0.669. The molecule has 0 saturated heterocycles. The smallest absolute Gasteiger partial charge is 0.164 e. The van der Waals surface area contributed by atoms with Crippen molar-refractivity contribution in [3.8, 4) is 84.7 Å². The number of hydrogen-bond donors (Lipinski definition) is 0. The van der Waals surface area contributed by atoms with E-state index >= 15 is 0 Å². The lowest BCUT2D eigenvalue weighted by atomic mass is 9.95. The van der Waals surface area contributed by atoms with Crippen molar-refractivity contribution in [2.45, 2.75) is 0 Å². The molecule has 266 valence electrons. The minimum absolute atomic E-state index is 0.538. The molecule has 0 aliphatic carbocycles. The van der Waals surface area contributed by atoms with Gasteiger partial charge in [0.05, 0.1) is 11.6 Å². The summed E-state index contributed by atoms with van der Waals surface area (Å²) in [6.45, 7) is 0. The second kappa shape index (κ2) is 14.4. The van der Waals surface area contributed by atoms with E-state index in [2.05, 4.69) is 103 Å². The Morgan fingerprint density at radius 1 is 0.351 bits per heavy atom. The average Bonchev–Trinajstić information content (AvgIpc) is 3.68. The summed E-state index contributed by atoms with van der Waals surface area (Å²) in [5.74, 6) is 1.65. The van der Waals surface area contributed by atoms with Gasteiger partial charge in [0.15, 0.2) is 17.5 Å². The lowest BCUT2D eigenvalue weighted by Gasteiger charge is -2.12. The van der Waals surface area contributed by atoms with Crippen molar-refractivity contribution in [3.63, 3.8) is 0 Å². The van der Waals surface area contributed by atoms with Gasteiger partial charge < -0.3 is 4.42 Å². The van der Waals surface area contributed by atoms with Crippen molar-refractivity contribution in [2.24, 2.45) is 0 Å². The SMILES string of the molecule is N#Cc1cccc(-c2cc(-c3ccccc3)cc(-c3nc(-c4ccccc4)nc(-c4ccc5c(c4)oc4cccc(-c6ccc(-c7ccccc7)cc6)c45)n3)c2)c1. The molecule has 0 aliphatic heterocycles. The van der Waals surface area contributed by atoms with Crippen molar-refractivity contribution in [2.75, 3.05) is 0 Å². The van der Waals surface area contributed by atoms with Crippen LogP contribution in [-0.2, 0) is 0 Å². The maximum Gasteiger partial charge on any atom is 0.164 e. The predicted octanol–water partition coefficient (Wildman–Crippen LogP) is 13.3. The van der Waals surface area contributed by atoms with Crippen molar-refractivity contribution in [3.05, 3.63) is 200 Å². The van der Waals surface area contributed by atoms with E-state index in [0.717, 1.165) is 72.0 Å². The summed E-state index contributed by atoms with van der Waals surface area (Å²) in [5.41, 5.74) is 13.3. The van der Waals surface area contributed by atoms with E-state index in [-0.39, 0.29) is 0 Å². The molecule has 10 aromatic rings. The Hall–Kier alpha value is -7.94. The van der Waals surface area contributed by atoms with Gasteiger partial charge >= 0.3 is 0 Å². The quantitative estimate of drug-likeness (QED) is 0.163. The van der Waals surface area contributed by atoms with Gasteiger partial charge in [-0.15, -0.1) is 0 Å². The van der Waals surface area contributed by atoms with E-state index in [0.29, 0.717) is 23.0 Å². The zero-order chi connectivity index (χ0) is 38.1. The van der Waals surface area contributed by atoms with Crippen LogP contribution in [-0.4, -0.2) is 15.0 Å². The van der Waals surface area contributed by atoms with Gasteiger partial charge in [-0.1, -0.05) is 146 Å². The van der Waals surface area contributed by atoms with Gasteiger partial charge in [0.2, 0.25) is 0 Å². The van der Waals surface area contributed by atoms with E-state index in [9.17, 15) is 5.26 Å². The molecule has 0 amide bonds. The third kappa shape index (κ3) is 6.52. The second-order valence-corrected chi connectivity index (χ2v) is 14.0. The van der Waals surface area contributed by atoms with Crippen molar-refractivity contribution < 1.29 is 4.42 Å². The topological polar surface area (TPSA) is 75.6 Å². The summed E-state index contributed by atoms with van der Waals surface area (Å²) in [6.07, 6.45) is 0. The fourth-order valence-corrected chi connectivity index (χ4v) is 7.52. The Labute approximate surface area is 329 Å². The first-order valence-corrected chi connectivity index (χ1v) is 18.8. The first-order valence-electron chi connectivity index (χ1n) is 18.8. The number of rotatable bonds is 7. The first kappa shape index (κ1) is 33.6. The summed E-state index contributed by atoms with van der Waals surface area (Å²) < 4.78 is 6.55. The highest BCUT2D eigenvalue weighted by atomic mass is 16.3. The second-order valence-electron chi connectivity index (χ2n) is 14.0. The molecule has 0 unspecified atom stereocenters. The number of fused-ring (bicyclic) bond motifs is 3. The number of hydrogen-bond acceptors (Lipinski definition) is 5. The number of aromatic nitrogens is 3. The molecule has 0 bridgehead atoms. The largest absolute Gasteiger partial charge is 0.456 e. The maximum atomic E-state index is 9.69. The van der Waals surface area contributed by atoms with Gasteiger partial charge in [-0.3, -0.25) is 0 Å². The summed E-state index contributed by atoms with van der Waals surface area (Å²) in [6, 6.07) is 68.1. The molecule has 5 nitrogen and oxygen atoms in total. The molecule has 0 N–H and O–H groups in total. The van der Waals surface area contributed by atoms with Crippen LogP contribution in [0.5, 0.6) is 0 Å². The Morgan fingerprint density at radius 2 is 0.860 bits per heavy atom. The molecular formula is C52H32N4O. The molecule has 10 rings (SSSR count). The molecule has 0 radical (unpaired) electrons. The third-order valence-corrected chi connectivity index (χ3v) is 10.3.